The third-order valence-corrected chi connectivity index (χ3v) is 4.28. The lowest BCUT2D eigenvalue weighted by molar-refractivity contribution is 0.0661. The summed E-state index contributed by atoms with van der Waals surface area (Å²) in [7, 11) is 0. The highest BCUT2D eigenvalue weighted by molar-refractivity contribution is 5.97. The van der Waals surface area contributed by atoms with Crippen molar-refractivity contribution in [2.75, 3.05) is 18.4 Å². The Morgan fingerprint density at radius 3 is 2.64 bits per heavy atom. The smallest absolute Gasteiger partial charge is 0.319 e. The number of carbonyl (C=O) groups is 2. The number of hydrogen-bond donors (Lipinski definition) is 3. The van der Waals surface area contributed by atoms with Gasteiger partial charge < -0.3 is 21.3 Å². The molecular formula is C18H29ClN4O2. The number of amides is 3. The van der Waals surface area contributed by atoms with Crippen LogP contribution in [0.1, 0.15) is 44.0 Å². The van der Waals surface area contributed by atoms with Crippen LogP contribution in [0.25, 0.3) is 0 Å². The van der Waals surface area contributed by atoms with E-state index >= 15 is 0 Å². The highest BCUT2D eigenvalue weighted by atomic mass is 35.5. The highest BCUT2D eigenvalue weighted by Gasteiger charge is 2.26. The Hall–Kier alpha value is -1.79. The summed E-state index contributed by atoms with van der Waals surface area (Å²) in [6.45, 7) is 7.24. The molecule has 0 saturated carbocycles. The third kappa shape index (κ3) is 6.21. The summed E-state index contributed by atoms with van der Waals surface area (Å²) >= 11 is 0. The largest absolute Gasteiger partial charge is 0.338 e. The van der Waals surface area contributed by atoms with Crippen LogP contribution in [0.3, 0.4) is 0 Å². The minimum Gasteiger partial charge on any atom is -0.338 e. The molecule has 25 heavy (non-hydrogen) atoms. The van der Waals surface area contributed by atoms with Crippen molar-refractivity contribution in [1.29, 1.82) is 0 Å². The van der Waals surface area contributed by atoms with E-state index in [9.17, 15) is 9.59 Å². The summed E-state index contributed by atoms with van der Waals surface area (Å²) in [5.41, 5.74) is 7.19. The number of rotatable bonds is 4. The monoisotopic (exact) mass is 368 g/mol. The van der Waals surface area contributed by atoms with Crippen molar-refractivity contribution in [2.24, 2.45) is 11.7 Å². The van der Waals surface area contributed by atoms with Crippen LogP contribution in [-0.2, 0) is 0 Å². The van der Waals surface area contributed by atoms with Gasteiger partial charge in [-0.1, -0.05) is 6.07 Å². The number of piperidine rings is 1. The minimum absolute atomic E-state index is 0. The lowest BCUT2D eigenvalue weighted by Crippen LogP contribution is -2.45. The van der Waals surface area contributed by atoms with Crippen molar-refractivity contribution in [3.05, 3.63) is 29.8 Å². The fraction of sp³-hybridized carbons (Fsp3) is 0.556. The van der Waals surface area contributed by atoms with Crippen molar-refractivity contribution in [3.63, 3.8) is 0 Å². The SMILES string of the molecule is CC(C)NC(=O)Nc1cccc(C(=O)N2CCCC(C(C)N)C2)c1.Cl. The van der Waals surface area contributed by atoms with E-state index in [0.29, 0.717) is 23.7 Å². The lowest BCUT2D eigenvalue weighted by Gasteiger charge is -2.34. The zero-order valence-electron chi connectivity index (χ0n) is 15.1. The molecule has 1 saturated heterocycles. The molecule has 1 aliphatic heterocycles. The van der Waals surface area contributed by atoms with E-state index in [0.717, 1.165) is 19.4 Å². The van der Waals surface area contributed by atoms with Gasteiger partial charge in [-0.05, 0) is 57.7 Å². The predicted molar refractivity (Wildman–Crippen MR) is 103 cm³/mol. The summed E-state index contributed by atoms with van der Waals surface area (Å²) in [5, 5.41) is 5.52. The molecule has 1 fully saturated rings. The Kier molecular flexibility index (Phi) is 8.19. The van der Waals surface area contributed by atoms with Gasteiger partial charge in [0.2, 0.25) is 0 Å². The number of halogens is 1. The van der Waals surface area contributed by atoms with Crippen LogP contribution < -0.4 is 16.4 Å². The molecule has 0 aromatic heterocycles. The van der Waals surface area contributed by atoms with Gasteiger partial charge in [0.05, 0.1) is 0 Å². The van der Waals surface area contributed by atoms with E-state index in [-0.39, 0.29) is 36.4 Å². The van der Waals surface area contributed by atoms with Crippen LogP contribution in [0.2, 0.25) is 0 Å². The Bertz CT molecular complexity index is 592. The lowest BCUT2D eigenvalue weighted by atomic mass is 9.92. The second-order valence-electron chi connectivity index (χ2n) is 6.85. The number of carbonyl (C=O) groups excluding carboxylic acids is 2. The molecule has 140 valence electrons. The predicted octanol–water partition coefficient (Wildman–Crippen LogP) is 2.84. The molecule has 2 unspecified atom stereocenters. The Morgan fingerprint density at radius 2 is 2.00 bits per heavy atom. The normalized spacial score (nSPS) is 18.3. The molecule has 0 spiro atoms. The van der Waals surface area contributed by atoms with Gasteiger partial charge in [0.25, 0.3) is 5.91 Å². The molecule has 1 aliphatic rings. The summed E-state index contributed by atoms with van der Waals surface area (Å²) in [4.78, 5) is 26.4. The zero-order chi connectivity index (χ0) is 17.7. The standard InChI is InChI=1S/C18H28N4O2.ClH/c1-12(2)20-18(24)21-16-8-4-6-14(10-16)17(23)22-9-5-7-15(11-22)13(3)19;/h4,6,8,10,12-13,15H,5,7,9,11,19H2,1-3H3,(H2,20,21,24);1H. The van der Waals surface area contributed by atoms with Gasteiger partial charge in [0.1, 0.15) is 0 Å². The van der Waals surface area contributed by atoms with E-state index in [2.05, 4.69) is 10.6 Å². The molecule has 3 amide bonds. The quantitative estimate of drug-likeness (QED) is 0.763. The van der Waals surface area contributed by atoms with Crippen LogP contribution in [0.4, 0.5) is 10.5 Å². The molecule has 2 atom stereocenters. The molecule has 1 heterocycles. The first-order valence-electron chi connectivity index (χ1n) is 8.59. The van der Waals surface area contributed by atoms with E-state index in [4.69, 9.17) is 5.73 Å². The topological polar surface area (TPSA) is 87.5 Å². The molecule has 7 heteroatoms. The van der Waals surface area contributed by atoms with E-state index in [1.165, 1.54) is 0 Å². The van der Waals surface area contributed by atoms with Crippen LogP contribution in [0.5, 0.6) is 0 Å². The maximum atomic E-state index is 12.7. The summed E-state index contributed by atoms with van der Waals surface area (Å²) in [5.74, 6) is 0.342. The van der Waals surface area contributed by atoms with Crippen molar-refractivity contribution in [1.82, 2.24) is 10.2 Å². The number of anilines is 1. The van der Waals surface area contributed by atoms with Crippen molar-refractivity contribution in [2.45, 2.75) is 45.7 Å². The average Bonchev–Trinajstić information content (AvgIpc) is 2.53. The van der Waals surface area contributed by atoms with Gasteiger partial charge in [0.15, 0.2) is 0 Å². The van der Waals surface area contributed by atoms with Gasteiger partial charge in [-0.25, -0.2) is 4.79 Å². The number of hydrogen-bond acceptors (Lipinski definition) is 3. The summed E-state index contributed by atoms with van der Waals surface area (Å²) < 4.78 is 0. The fourth-order valence-corrected chi connectivity index (χ4v) is 2.97. The number of urea groups is 1. The molecular weight excluding hydrogens is 340 g/mol. The second kappa shape index (κ2) is 9.63. The van der Waals surface area contributed by atoms with Gasteiger partial charge >= 0.3 is 6.03 Å². The molecule has 1 aromatic carbocycles. The van der Waals surface area contributed by atoms with Crippen LogP contribution in [0, 0.1) is 5.92 Å². The Morgan fingerprint density at radius 1 is 1.28 bits per heavy atom. The maximum absolute atomic E-state index is 12.7. The number of nitrogens with two attached hydrogens (primary N) is 1. The fourth-order valence-electron chi connectivity index (χ4n) is 2.97. The Balaban J connectivity index is 0.00000312. The third-order valence-electron chi connectivity index (χ3n) is 4.28. The molecule has 0 radical (unpaired) electrons. The maximum Gasteiger partial charge on any atom is 0.319 e. The van der Waals surface area contributed by atoms with E-state index in [1.54, 1.807) is 24.3 Å². The molecule has 4 N–H and O–H groups in total. The van der Waals surface area contributed by atoms with Crippen molar-refractivity contribution in [3.8, 4) is 0 Å². The molecule has 1 aromatic rings. The number of nitrogens with zero attached hydrogens (tertiary/aromatic N) is 1. The first-order chi connectivity index (χ1) is 11.4. The second-order valence-corrected chi connectivity index (χ2v) is 6.85. The van der Waals surface area contributed by atoms with E-state index in [1.807, 2.05) is 25.7 Å². The van der Waals surface area contributed by atoms with Gasteiger partial charge in [-0.2, -0.15) is 0 Å². The van der Waals surface area contributed by atoms with Gasteiger partial charge in [-0.15, -0.1) is 12.4 Å². The summed E-state index contributed by atoms with van der Waals surface area (Å²) in [6.07, 6.45) is 2.05. The molecule has 0 aliphatic carbocycles. The van der Waals surface area contributed by atoms with Crippen molar-refractivity contribution < 1.29 is 9.59 Å². The Labute approximate surface area is 155 Å². The number of benzene rings is 1. The first kappa shape index (κ1) is 21.3. The van der Waals surface area contributed by atoms with Crippen LogP contribution in [0.15, 0.2) is 24.3 Å². The average molecular weight is 369 g/mol. The summed E-state index contributed by atoms with van der Waals surface area (Å²) in [6, 6.07) is 6.93. The van der Waals surface area contributed by atoms with Gasteiger partial charge in [0, 0.05) is 36.4 Å². The highest BCUT2D eigenvalue weighted by Crippen LogP contribution is 2.21. The van der Waals surface area contributed by atoms with E-state index < -0.39 is 0 Å². The number of likely N-dealkylation sites (tertiary alicyclic amines) is 1. The number of nitrogens with one attached hydrogen (secondary N) is 2. The zero-order valence-corrected chi connectivity index (χ0v) is 15.9. The molecule has 6 nitrogen and oxygen atoms in total. The van der Waals surface area contributed by atoms with Crippen LogP contribution >= 0.6 is 12.4 Å². The van der Waals surface area contributed by atoms with Crippen LogP contribution in [-0.4, -0.2) is 42.0 Å². The molecule has 2 rings (SSSR count). The first-order valence-corrected chi connectivity index (χ1v) is 8.59. The minimum atomic E-state index is -0.274. The van der Waals surface area contributed by atoms with Gasteiger partial charge in [-0.3, -0.25) is 4.79 Å². The molecule has 0 bridgehead atoms. The van der Waals surface area contributed by atoms with Crippen molar-refractivity contribution >= 4 is 30.0 Å².